The molecule has 0 unspecified atom stereocenters. The normalized spacial score (nSPS) is 13.7. The Morgan fingerprint density at radius 2 is 1.93 bits per heavy atom. The van der Waals surface area contributed by atoms with Crippen molar-refractivity contribution in [3.63, 3.8) is 0 Å². The Bertz CT molecular complexity index is 957. The van der Waals surface area contributed by atoms with E-state index < -0.39 is 0 Å². The van der Waals surface area contributed by atoms with Gasteiger partial charge in [-0.05, 0) is 41.3 Å². The van der Waals surface area contributed by atoms with Crippen LogP contribution in [0.15, 0.2) is 67.0 Å². The van der Waals surface area contributed by atoms with E-state index >= 15 is 0 Å². The van der Waals surface area contributed by atoms with Crippen molar-refractivity contribution < 1.29 is 9.53 Å². The number of hydrogen-bond acceptors (Lipinski definition) is 4. The van der Waals surface area contributed by atoms with Crippen LogP contribution in [-0.2, 0) is 17.6 Å². The highest BCUT2D eigenvalue weighted by atomic mass is 16.5. The molecule has 1 aliphatic heterocycles. The minimum atomic E-state index is -0.0897. The van der Waals surface area contributed by atoms with Crippen LogP contribution >= 0.6 is 0 Å². The lowest BCUT2D eigenvalue weighted by atomic mass is 10.0. The lowest BCUT2D eigenvalue weighted by Gasteiger charge is -2.14. The molecule has 0 bridgehead atoms. The van der Waals surface area contributed by atoms with Crippen molar-refractivity contribution in [2.24, 2.45) is 5.73 Å². The van der Waals surface area contributed by atoms with E-state index in [0.717, 1.165) is 28.8 Å². The van der Waals surface area contributed by atoms with Crippen molar-refractivity contribution >= 4 is 11.6 Å². The minimum absolute atomic E-state index is 0.0322. The summed E-state index contributed by atoms with van der Waals surface area (Å²) in [5.74, 6) is 0.718. The molecule has 0 saturated carbocycles. The summed E-state index contributed by atoms with van der Waals surface area (Å²) in [5.41, 5.74) is 11.2. The number of aromatic nitrogens is 1. The van der Waals surface area contributed by atoms with E-state index in [2.05, 4.69) is 22.4 Å². The second-order valence-corrected chi connectivity index (χ2v) is 6.77. The Morgan fingerprint density at radius 1 is 1.07 bits per heavy atom. The molecular formula is C22H21N3O2. The highest BCUT2D eigenvalue weighted by molar-refractivity contribution is 5.99. The van der Waals surface area contributed by atoms with Gasteiger partial charge in [-0.25, -0.2) is 0 Å². The van der Waals surface area contributed by atoms with Crippen molar-refractivity contribution in [2.75, 3.05) is 11.9 Å². The molecule has 1 aliphatic rings. The third kappa shape index (κ3) is 4.15. The molecule has 1 atom stereocenters. The van der Waals surface area contributed by atoms with Gasteiger partial charge in [0.05, 0.1) is 12.6 Å². The number of pyridine rings is 1. The first-order valence-corrected chi connectivity index (χ1v) is 8.98. The molecule has 0 radical (unpaired) electrons. The fourth-order valence-corrected chi connectivity index (χ4v) is 3.24. The maximum atomic E-state index is 11.5. The van der Waals surface area contributed by atoms with E-state index in [1.807, 2.05) is 42.5 Å². The van der Waals surface area contributed by atoms with Crippen LogP contribution in [0.1, 0.15) is 11.1 Å². The molecule has 136 valence electrons. The molecule has 3 N–H and O–H groups in total. The summed E-state index contributed by atoms with van der Waals surface area (Å²) in [6, 6.07) is 17.9. The second kappa shape index (κ2) is 7.60. The van der Waals surface area contributed by atoms with Crippen LogP contribution in [0.2, 0.25) is 0 Å². The molecule has 27 heavy (non-hydrogen) atoms. The molecular weight excluding hydrogens is 338 g/mol. The van der Waals surface area contributed by atoms with Crippen molar-refractivity contribution in [1.82, 2.24) is 4.98 Å². The van der Waals surface area contributed by atoms with Crippen LogP contribution < -0.4 is 15.8 Å². The van der Waals surface area contributed by atoms with Gasteiger partial charge in [0.15, 0.2) is 0 Å². The molecule has 2 heterocycles. The Labute approximate surface area is 158 Å². The summed E-state index contributed by atoms with van der Waals surface area (Å²) in [7, 11) is 0. The quantitative estimate of drug-likeness (QED) is 0.709. The summed E-state index contributed by atoms with van der Waals surface area (Å²) in [6.07, 6.45) is 4.67. The maximum Gasteiger partial charge on any atom is 0.228 e. The molecule has 4 rings (SSSR count). The fraction of sp³-hybridized carbons (Fsp3) is 0.182. The van der Waals surface area contributed by atoms with E-state index in [9.17, 15) is 4.79 Å². The number of nitrogens with one attached hydrogen (secondary N) is 1. The third-order valence-corrected chi connectivity index (χ3v) is 4.58. The zero-order chi connectivity index (χ0) is 18.6. The van der Waals surface area contributed by atoms with Crippen LogP contribution in [0, 0.1) is 0 Å². The van der Waals surface area contributed by atoms with Crippen LogP contribution in [0.4, 0.5) is 5.69 Å². The zero-order valence-corrected chi connectivity index (χ0v) is 14.9. The molecule has 2 aromatic carbocycles. The maximum absolute atomic E-state index is 11.5. The average molecular weight is 359 g/mol. The van der Waals surface area contributed by atoms with Gasteiger partial charge in [0.1, 0.15) is 12.4 Å². The number of nitrogens with two attached hydrogens (primary N) is 1. The number of hydrogen-bond donors (Lipinski definition) is 2. The summed E-state index contributed by atoms with van der Waals surface area (Å²) in [6.45, 7) is 0.419. The number of amides is 1. The Kier molecular flexibility index (Phi) is 4.85. The number of carbonyl (C=O) groups excluding carboxylic acids is 1. The summed E-state index contributed by atoms with van der Waals surface area (Å²) in [4.78, 5) is 15.8. The van der Waals surface area contributed by atoms with Gasteiger partial charge in [0.2, 0.25) is 5.91 Å². The minimum Gasteiger partial charge on any atom is -0.490 e. The Balaban J connectivity index is 1.42. The predicted octanol–water partition coefficient (Wildman–Crippen LogP) is 3.19. The van der Waals surface area contributed by atoms with E-state index in [1.165, 1.54) is 5.56 Å². The standard InChI is InChI=1S/C22H21N3O2/c23-19(8-15-4-2-1-3-5-15)14-27-20-10-18(12-24-13-20)16-6-7-21-17(9-16)11-22(26)25-21/h1-7,9-10,12-13,19H,8,11,14,23H2,(H,25,26)/t19-/m1/s1. The van der Waals surface area contributed by atoms with Crippen LogP contribution in [0.3, 0.4) is 0 Å². The number of benzene rings is 2. The van der Waals surface area contributed by atoms with Gasteiger partial charge in [-0.2, -0.15) is 0 Å². The van der Waals surface area contributed by atoms with Gasteiger partial charge in [-0.1, -0.05) is 36.4 Å². The lowest BCUT2D eigenvalue weighted by molar-refractivity contribution is -0.115. The monoisotopic (exact) mass is 359 g/mol. The largest absolute Gasteiger partial charge is 0.490 e. The van der Waals surface area contributed by atoms with Gasteiger partial charge >= 0.3 is 0 Å². The Hall–Kier alpha value is -3.18. The van der Waals surface area contributed by atoms with Gasteiger partial charge in [0.25, 0.3) is 0 Å². The van der Waals surface area contributed by atoms with E-state index in [4.69, 9.17) is 10.5 Å². The van der Waals surface area contributed by atoms with Gasteiger partial charge in [-0.15, -0.1) is 0 Å². The molecule has 0 fully saturated rings. The van der Waals surface area contributed by atoms with Crippen LogP contribution in [-0.4, -0.2) is 23.5 Å². The summed E-state index contributed by atoms with van der Waals surface area (Å²) >= 11 is 0. The number of rotatable bonds is 6. The van der Waals surface area contributed by atoms with Crippen molar-refractivity contribution in [2.45, 2.75) is 18.9 Å². The number of anilines is 1. The van der Waals surface area contributed by atoms with Crippen molar-refractivity contribution in [3.8, 4) is 16.9 Å². The molecule has 0 spiro atoms. The topological polar surface area (TPSA) is 77.2 Å². The number of nitrogens with zero attached hydrogens (tertiary/aromatic N) is 1. The Morgan fingerprint density at radius 3 is 2.78 bits per heavy atom. The average Bonchev–Trinajstić information content (AvgIpc) is 3.06. The SMILES string of the molecule is N[C@@H](COc1cncc(-c2ccc3c(c2)CC(=O)N3)c1)Cc1ccccc1. The predicted molar refractivity (Wildman–Crippen MR) is 106 cm³/mol. The van der Waals surface area contributed by atoms with Crippen LogP contribution in [0.25, 0.3) is 11.1 Å². The molecule has 0 aliphatic carbocycles. The lowest BCUT2D eigenvalue weighted by Crippen LogP contribution is -2.30. The molecule has 0 saturated heterocycles. The summed E-state index contributed by atoms with van der Waals surface area (Å²) < 4.78 is 5.86. The third-order valence-electron chi connectivity index (χ3n) is 4.58. The molecule has 1 aromatic heterocycles. The second-order valence-electron chi connectivity index (χ2n) is 6.77. The van der Waals surface area contributed by atoms with Crippen molar-refractivity contribution in [1.29, 1.82) is 0 Å². The number of ether oxygens (including phenoxy) is 1. The highest BCUT2D eigenvalue weighted by Crippen LogP contribution is 2.30. The molecule has 5 heteroatoms. The fourth-order valence-electron chi connectivity index (χ4n) is 3.24. The van der Waals surface area contributed by atoms with E-state index in [-0.39, 0.29) is 11.9 Å². The van der Waals surface area contributed by atoms with Crippen molar-refractivity contribution in [3.05, 3.63) is 78.1 Å². The molecule has 5 nitrogen and oxygen atoms in total. The molecule has 3 aromatic rings. The van der Waals surface area contributed by atoms with E-state index in [0.29, 0.717) is 18.8 Å². The molecule has 1 amide bonds. The number of fused-ring (bicyclic) bond motifs is 1. The first-order chi connectivity index (χ1) is 13.2. The first-order valence-electron chi connectivity index (χ1n) is 8.98. The van der Waals surface area contributed by atoms with E-state index in [1.54, 1.807) is 12.4 Å². The van der Waals surface area contributed by atoms with Gasteiger partial charge < -0.3 is 15.8 Å². The van der Waals surface area contributed by atoms with Crippen LogP contribution in [0.5, 0.6) is 5.75 Å². The highest BCUT2D eigenvalue weighted by Gasteiger charge is 2.18. The zero-order valence-electron chi connectivity index (χ0n) is 14.9. The smallest absolute Gasteiger partial charge is 0.228 e. The van der Waals surface area contributed by atoms with Gasteiger partial charge in [0, 0.05) is 23.5 Å². The summed E-state index contributed by atoms with van der Waals surface area (Å²) in [5, 5.41) is 2.85. The first kappa shape index (κ1) is 17.2. The van der Waals surface area contributed by atoms with Gasteiger partial charge in [-0.3, -0.25) is 9.78 Å². The number of carbonyl (C=O) groups is 1.